The highest BCUT2D eigenvalue weighted by molar-refractivity contribution is 5.66. The van der Waals surface area contributed by atoms with Crippen molar-refractivity contribution in [2.75, 3.05) is 20.3 Å². The van der Waals surface area contributed by atoms with Crippen LogP contribution in [0.5, 0.6) is 0 Å². The summed E-state index contributed by atoms with van der Waals surface area (Å²) in [6, 6.07) is 0. The molecule has 1 aliphatic rings. The molecule has 0 spiro atoms. The Labute approximate surface area is 59.5 Å². The number of carbonyl (C=O) groups is 1. The van der Waals surface area contributed by atoms with Crippen molar-refractivity contribution in [3.8, 4) is 0 Å². The van der Waals surface area contributed by atoms with Gasteiger partial charge in [0.2, 0.25) is 0 Å². The Hall–Kier alpha value is -0.770. The zero-order chi connectivity index (χ0) is 7.40. The van der Waals surface area contributed by atoms with Gasteiger partial charge in [0.05, 0.1) is 13.2 Å². The van der Waals surface area contributed by atoms with Crippen LogP contribution in [0.25, 0.3) is 0 Å². The number of rotatable bonds is 1. The van der Waals surface area contributed by atoms with Crippen LogP contribution in [0.1, 0.15) is 6.42 Å². The van der Waals surface area contributed by atoms with Gasteiger partial charge in [-0.1, -0.05) is 0 Å². The van der Waals surface area contributed by atoms with Crippen molar-refractivity contribution in [2.45, 2.75) is 12.5 Å². The fourth-order valence-corrected chi connectivity index (χ4v) is 0.816. The Morgan fingerprint density at radius 3 is 3.10 bits per heavy atom. The lowest BCUT2D eigenvalue weighted by atomic mass is 10.3. The highest BCUT2D eigenvalue weighted by Gasteiger charge is 2.18. The Morgan fingerprint density at radius 2 is 2.60 bits per heavy atom. The second-order valence-corrected chi connectivity index (χ2v) is 2.14. The summed E-state index contributed by atoms with van der Waals surface area (Å²) in [5, 5.41) is 2.38. The van der Waals surface area contributed by atoms with Crippen LogP contribution in [0.15, 0.2) is 0 Å². The first-order valence-electron chi connectivity index (χ1n) is 3.29. The number of nitrogens with one attached hydrogen (secondary N) is 1. The summed E-state index contributed by atoms with van der Waals surface area (Å²) in [5.41, 5.74) is 0. The first-order valence-corrected chi connectivity index (χ1v) is 3.29. The van der Waals surface area contributed by atoms with E-state index in [0.717, 1.165) is 6.42 Å². The Morgan fingerprint density at radius 1 is 1.80 bits per heavy atom. The summed E-state index contributed by atoms with van der Waals surface area (Å²) in [4.78, 5) is 10.6. The molecule has 0 aliphatic carbocycles. The Bertz CT molecular complexity index is 120. The molecule has 1 unspecified atom stereocenters. The van der Waals surface area contributed by atoms with E-state index in [4.69, 9.17) is 9.47 Å². The van der Waals surface area contributed by atoms with E-state index >= 15 is 0 Å². The van der Waals surface area contributed by atoms with Gasteiger partial charge in [0.15, 0.2) is 0 Å². The number of hydrogen-bond donors (Lipinski definition) is 1. The molecule has 0 radical (unpaired) electrons. The SMILES string of the molecule is CNC(=O)OC1CCOC1. The first-order chi connectivity index (χ1) is 4.83. The lowest BCUT2D eigenvalue weighted by Crippen LogP contribution is -2.25. The van der Waals surface area contributed by atoms with Crippen molar-refractivity contribution in [1.29, 1.82) is 0 Å². The molecule has 1 rings (SSSR count). The average molecular weight is 145 g/mol. The van der Waals surface area contributed by atoms with Crippen molar-refractivity contribution >= 4 is 6.09 Å². The van der Waals surface area contributed by atoms with Gasteiger partial charge in [0, 0.05) is 13.5 Å². The molecule has 1 amide bonds. The smallest absolute Gasteiger partial charge is 0.407 e. The van der Waals surface area contributed by atoms with Gasteiger partial charge in [-0.3, -0.25) is 0 Å². The maximum Gasteiger partial charge on any atom is 0.407 e. The third kappa shape index (κ3) is 1.88. The molecule has 0 saturated carbocycles. The minimum atomic E-state index is -0.379. The molecule has 4 heteroatoms. The van der Waals surface area contributed by atoms with Crippen molar-refractivity contribution in [1.82, 2.24) is 5.32 Å². The summed E-state index contributed by atoms with van der Waals surface area (Å²) in [6.07, 6.45) is 0.392. The van der Waals surface area contributed by atoms with E-state index in [2.05, 4.69) is 5.32 Å². The minimum absolute atomic E-state index is 0.0417. The summed E-state index contributed by atoms with van der Waals surface area (Å²) in [7, 11) is 1.54. The number of alkyl carbamates (subject to hydrolysis) is 1. The van der Waals surface area contributed by atoms with Crippen LogP contribution in [-0.2, 0) is 9.47 Å². The number of ether oxygens (including phenoxy) is 2. The van der Waals surface area contributed by atoms with E-state index in [1.54, 1.807) is 0 Å². The monoisotopic (exact) mass is 145 g/mol. The highest BCUT2D eigenvalue weighted by atomic mass is 16.6. The van der Waals surface area contributed by atoms with E-state index in [1.807, 2.05) is 0 Å². The molecule has 0 bridgehead atoms. The molecule has 58 valence electrons. The predicted molar refractivity (Wildman–Crippen MR) is 34.8 cm³/mol. The maximum absolute atomic E-state index is 10.6. The van der Waals surface area contributed by atoms with Gasteiger partial charge in [0.1, 0.15) is 6.10 Å². The maximum atomic E-state index is 10.6. The van der Waals surface area contributed by atoms with Crippen molar-refractivity contribution in [3.05, 3.63) is 0 Å². The predicted octanol–water partition coefficient (Wildman–Crippen LogP) is 0.131. The number of carbonyl (C=O) groups excluding carboxylic acids is 1. The number of hydrogen-bond acceptors (Lipinski definition) is 3. The van der Waals surface area contributed by atoms with E-state index in [-0.39, 0.29) is 12.2 Å². The molecule has 0 aromatic heterocycles. The van der Waals surface area contributed by atoms with Crippen LogP contribution in [0.3, 0.4) is 0 Å². The molecular formula is C6H11NO3. The van der Waals surface area contributed by atoms with Gasteiger partial charge in [-0.05, 0) is 0 Å². The van der Waals surface area contributed by atoms with Crippen LogP contribution in [-0.4, -0.2) is 32.5 Å². The Kier molecular flexibility index (Phi) is 2.50. The van der Waals surface area contributed by atoms with Crippen LogP contribution in [0.4, 0.5) is 4.79 Å². The third-order valence-corrected chi connectivity index (χ3v) is 1.37. The van der Waals surface area contributed by atoms with Gasteiger partial charge >= 0.3 is 6.09 Å². The molecule has 1 atom stereocenters. The summed E-state index contributed by atoms with van der Waals surface area (Å²) in [5.74, 6) is 0. The van der Waals surface area contributed by atoms with Gasteiger partial charge in [-0.25, -0.2) is 4.79 Å². The molecule has 1 heterocycles. The number of amides is 1. The molecule has 1 fully saturated rings. The fourth-order valence-electron chi connectivity index (χ4n) is 0.816. The summed E-state index contributed by atoms with van der Waals surface area (Å²) < 4.78 is 9.88. The highest BCUT2D eigenvalue weighted by Crippen LogP contribution is 2.07. The van der Waals surface area contributed by atoms with Crippen LogP contribution >= 0.6 is 0 Å². The van der Waals surface area contributed by atoms with Crippen LogP contribution in [0, 0.1) is 0 Å². The lowest BCUT2D eigenvalue weighted by molar-refractivity contribution is 0.0846. The van der Waals surface area contributed by atoms with Crippen molar-refractivity contribution < 1.29 is 14.3 Å². The van der Waals surface area contributed by atoms with Crippen molar-refractivity contribution in [3.63, 3.8) is 0 Å². The minimum Gasteiger partial charge on any atom is -0.444 e. The molecule has 0 aromatic rings. The van der Waals surface area contributed by atoms with Gasteiger partial charge in [-0.15, -0.1) is 0 Å². The summed E-state index contributed by atoms with van der Waals surface area (Å²) in [6.45, 7) is 1.23. The second-order valence-electron chi connectivity index (χ2n) is 2.14. The van der Waals surface area contributed by atoms with Gasteiger partial charge < -0.3 is 14.8 Å². The van der Waals surface area contributed by atoms with E-state index in [1.165, 1.54) is 7.05 Å². The van der Waals surface area contributed by atoms with E-state index in [9.17, 15) is 4.79 Å². The average Bonchev–Trinajstić information content (AvgIpc) is 2.40. The second kappa shape index (κ2) is 3.41. The quantitative estimate of drug-likeness (QED) is 0.570. The normalized spacial score (nSPS) is 24.3. The largest absolute Gasteiger partial charge is 0.444 e. The third-order valence-electron chi connectivity index (χ3n) is 1.37. The van der Waals surface area contributed by atoms with E-state index in [0.29, 0.717) is 13.2 Å². The Balaban J connectivity index is 2.17. The zero-order valence-corrected chi connectivity index (χ0v) is 5.92. The molecule has 10 heavy (non-hydrogen) atoms. The lowest BCUT2D eigenvalue weighted by Gasteiger charge is -2.07. The van der Waals surface area contributed by atoms with Gasteiger partial charge in [-0.2, -0.15) is 0 Å². The van der Waals surface area contributed by atoms with Gasteiger partial charge in [0.25, 0.3) is 0 Å². The summed E-state index contributed by atoms with van der Waals surface area (Å²) >= 11 is 0. The molecule has 0 aromatic carbocycles. The van der Waals surface area contributed by atoms with E-state index < -0.39 is 0 Å². The van der Waals surface area contributed by atoms with Crippen LogP contribution in [0.2, 0.25) is 0 Å². The molecule has 1 saturated heterocycles. The fraction of sp³-hybridized carbons (Fsp3) is 0.833. The zero-order valence-electron chi connectivity index (χ0n) is 5.92. The first kappa shape index (κ1) is 7.34. The molecule has 1 N–H and O–H groups in total. The van der Waals surface area contributed by atoms with Crippen molar-refractivity contribution in [2.24, 2.45) is 0 Å². The topological polar surface area (TPSA) is 47.6 Å². The molecular weight excluding hydrogens is 134 g/mol. The molecule has 1 aliphatic heterocycles. The van der Waals surface area contributed by atoms with Crippen LogP contribution < -0.4 is 5.32 Å². The standard InChI is InChI=1S/C6H11NO3/c1-7-6(8)10-5-2-3-9-4-5/h5H,2-4H2,1H3,(H,7,8). The molecule has 4 nitrogen and oxygen atoms in total.